The van der Waals surface area contributed by atoms with Crippen molar-refractivity contribution >= 4 is 11.6 Å². The molecule has 0 amide bonds. The Morgan fingerprint density at radius 1 is 1.19 bits per heavy atom. The maximum Gasteiger partial charge on any atom is 0.0587 e. The summed E-state index contributed by atoms with van der Waals surface area (Å²) >= 11 is 6.16. The van der Waals surface area contributed by atoms with Crippen molar-refractivity contribution in [2.45, 2.75) is 44.9 Å². The van der Waals surface area contributed by atoms with Gasteiger partial charge in [0.05, 0.1) is 6.07 Å². The average Bonchev–Trinajstić information content (AvgIpc) is 2.32. The van der Waals surface area contributed by atoms with Gasteiger partial charge in [-0.15, -0.1) is 0 Å². The molecular formula is C14H18ClN. The van der Waals surface area contributed by atoms with E-state index in [4.69, 9.17) is 16.9 Å². The zero-order chi connectivity index (χ0) is 11.8. The van der Waals surface area contributed by atoms with Gasteiger partial charge in [-0.3, -0.25) is 0 Å². The summed E-state index contributed by atoms with van der Waals surface area (Å²) < 4.78 is 0. The topological polar surface area (TPSA) is 23.8 Å². The number of nitriles is 1. The van der Waals surface area contributed by atoms with Crippen LogP contribution in [0.1, 0.15) is 50.5 Å². The van der Waals surface area contributed by atoms with Crippen molar-refractivity contribution in [2.75, 3.05) is 0 Å². The third-order valence-corrected chi connectivity index (χ3v) is 3.29. The zero-order valence-electron chi connectivity index (χ0n) is 9.75. The molecule has 1 aromatic rings. The predicted molar refractivity (Wildman–Crippen MR) is 68.6 cm³/mol. The molecule has 0 aliphatic heterocycles. The van der Waals surface area contributed by atoms with Crippen LogP contribution in [0.5, 0.6) is 0 Å². The molecule has 0 unspecified atom stereocenters. The Morgan fingerprint density at radius 2 is 1.75 bits per heavy atom. The fourth-order valence-corrected chi connectivity index (χ4v) is 2.51. The lowest BCUT2D eigenvalue weighted by molar-refractivity contribution is 0.444. The highest BCUT2D eigenvalue weighted by atomic mass is 35.5. The smallest absolute Gasteiger partial charge is 0.0587 e. The fourth-order valence-electron chi connectivity index (χ4n) is 2.22. The molecule has 1 aliphatic carbocycles. The Hall–Kier alpha value is -1.00. The van der Waals surface area contributed by atoms with Gasteiger partial charge >= 0.3 is 0 Å². The van der Waals surface area contributed by atoms with E-state index in [9.17, 15) is 0 Å². The van der Waals surface area contributed by atoms with Gasteiger partial charge in [0.25, 0.3) is 0 Å². The van der Waals surface area contributed by atoms with Crippen LogP contribution < -0.4 is 0 Å². The molecule has 0 spiro atoms. The first kappa shape index (κ1) is 13.1. The minimum absolute atomic E-state index is 0.724. The summed E-state index contributed by atoms with van der Waals surface area (Å²) in [4.78, 5) is 0. The van der Waals surface area contributed by atoms with Crippen LogP contribution in [0.3, 0.4) is 0 Å². The Morgan fingerprint density at radius 3 is 2.31 bits per heavy atom. The van der Waals surface area contributed by atoms with Crippen molar-refractivity contribution in [2.24, 2.45) is 0 Å². The van der Waals surface area contributed by atoms with E-state index < -0.39 is 0 Å². The maximum absolute atomic E-state index is 7.32. The Labute approximate surface area is 103 Å². The Bertz CT molecular complexity index is 348. The quantitative estimate of drug-likeness (QED) is 0.678. The fraction of sp³-hybridized carbons (Fsp3) is 0.500. The Balaban J connectivity index is 0.000000386. The highest BCUT2D eigenvalue weighted by Crippen LogP contribution is 2.35. The summed E-state index contributed by atoms with van der Waals surface area (Å²) in [5, 5.41) is 8.27. The maximum atomic E-state index is 7.32. The largest absolute Gasteiger partial charge is 0.199 e. The minimum Gasteiger partial charge on any atom is -0.199 e. The molecule has 2 rings (SSSR count). The average molecular weight is 236 g/mol. The Kier molecular flexibility index (Phi) is 5.96. The molecule has 0 radical (unpaired) electrons. The highest BCUT2D eigenvalue weighted by Gasteiger charge is 2.16. The summed E-state index contributed by atoms with van der Waals surface area (Å²) in [6.45, 7) is 1.43. The molecule has 1 aliphatic rings. The molecule has 0 bridgehead atoms. The van der Waals surface area contributed by atoms with E-state index in [0.717, 1.165) is 10.9 Å². The molecule has 0 N–H and O–H groups in total. The van der Waals surface area contributed by atoms with Crippen LogP contribution in [0.15, 0.2) is 24.3 Å². The molecule has 0 atom stereocenters. The first-order chi connectivity index (χ1) is 7.79. The van der Waals surface area contributed by atoms with E-state index in [1.807, 2.05) is 12.1 Å². The second-order valence-corrected chi connectivity index (χ2v) is 4.49. The summed E-state index contributed by atoms with van der Waals surface area (Å²) in [6, 6.07) is 10.0. The van der Waals surface area contributed by atoms with E-state index >= 15 is 0 Å². The van der Waals surface area contributed by atoms with E-state index in [1.54, 1.807) is 6.07 Å². The second-order valence-electron chi connectivity index (χ2n) is 4.08. The molecule has 16 heavy (non-hydrogen) atoms. The van der Waals surface area contributed by atoms with E-state index in [2.05, 4.69) is 12.1 Å². The molecule has 1 nitrogen and oxygen atoms in total. The van der Waals surface area contributed by atoms with Gasteiger partial charge in [-0.05, 0) is 30.4 Å². The van der Waals surface area contributed by atoms with Crippen LogP contribution in [0.4, 0.5) is 0 Å². The van der Waals surface area contributed by atoms with Crippen LogP contribution in [0.2, 0.25) is 5.02 Å². The van der Waals surface area contributed by atoms with Crippen molar-refractivity contribution in [1.82, 2.24) is 0 Å². The summed E-state index contributed by atoms with van der Waals surface area (Å²) in [5.41, 5.74) is 1.36. The first-order valence-electron chi connectivity index (χ1n) is 5.85. The van der Waals surface area contributed by atoms with Gasteiger partial charge in [-0.2, -0.15) is 5.26 Å². The number of nitrogens with zero attached hydrogens (tertiary/aromatic N) is 1. The van der Waals surface area contributed by atoms with Gasteiger partial charge < -0.3 is 0 Å². The van der Waals surface area contributed by atoms with Crippen molar-refractivity contribution in [1.29, 1.82) is 5.26 Å². The highest BCUT2D eigenvalue weighted by molar-refractivity contribution is 6.31. The molecule has 2 heteroatoms. The monoisotopic (exact) mass is 235 g/mol. The minimum atomic E-state index is 0.724. The van der Waals surface area contributed by atoms with Crippen LogP contribution >= 0.6 is 11.6 Å². The lowest BCUT2D eigenvalue weighted by atomic mass is 9.84. The number of rotatable bonds is 1. The van der Waals surface area contributed by atoms with Crippen molar-refractivity contribution in [3.05, 3.63) is 34.9 Å². The predicted octanol–water partition coefficient (Wildman–Crippen LogP) is 4.92. The summed E-state index contributed by atoms with van der Waals surface area (Å²) in [5.74, 6) is 0.724. The second kappa shape index (κ2) is 7.30. The van der Waals surface area contributed by atoms with Gasteiger partial charge in [-0.1, -0.05) is 49.1 Å². The molecule has 86 valence electrons. The van der Waals surface area contributed by atoms with Gasteiger partial charge in [0.15, 0.2) is 0 Å². The zero-order valence-corrected chi connectivity index (χ0v) is 10.5. The molecule has 1 aromatic carbocycles. The molecule has 0 heterocycles. The van der Waals surface area contributed by atoms with Crippen molar-refractivity contribution in [3.8, 4) is 6.07 Å². The molecule has 1 fully saturated rings. The third kappa shape index (κ3) is 3.87. The summed E-state index contributed by atoms with van der Waals surface area (Å²) in [7, 11) is 0. The normalized spacial score (nSPS) is 15.8. The lowest BCUT2D eigenvalue weighted by Crippen LogP contribution is -2.04. The number of halogens is 1. The molecule has 0 saturated heterocycles. The van der Waals surface area contributed by atoms with Gasteiger partial charge in [0.1, 0.15) is 0 Å². The van der Waals surface area contributed by atoms with Gasteiger partial charge in [-0.25, -0.2) is 0 Å². The number of benzene rings is 1. The van der Waals surface area contributed by atoms with Crippen LogP contribution in [-0.4, -0.2) is 0 Å². The molecule has 1 saturated carbocycles. The van der Waals surface area contributed by atoms with E-state index in [1.165, 1.54) is 44.6 Å². The van der Waals surface area contributed by atoms with Crippen LogP contribution in [0, 0.1) is 11.3 Å². The van der Waals surface area contributed by atoms with E-state index in [0.29, 0.717) is 0 Å². The molecular weight excluding hydrogens is 218 g/mol. The standard InChI is InChI=1S/C12H15Cl.C2H3N/c13-12-9-5-4-8-11(12)10-6-2-1-3-7-10;1-2-3/h4-5,8-10H,1-3,6-7H2;1H3. The van der Waals surface area contributed by atoms with Crippen LogP contribution in [0.25, 0.3) is 0 Å². The van der Waals surface area contributed by atoms with Crippen molar-refractivity contribution < 1.29 is 0 Å². The van der Waals surface area contributed by atoms with Crippen LogP contribution in [-0.2, 0) is 0 Å². The number of hydrogen-bond acceptors (Lipinski definition) is 1. The van der Waals surface area contributed by atoms with Gasteiger partial charge in [0, 0.05) is 11.9 Å². The SMILES string of the molecule is CC#N.Clc1ccccc1C1CCCCC1. The molecule has 0 aromatic heterocycles. The van der Waals surface area contributed by atoms with Crippen molar-refractivity contribution in [3.63, 3.8) is 0 Å². The first-order valence-corrected chi connectivity index (χ1v) is 6.22. The summed E-state index contributed by atoms with van der Waals surface area (Å²) in [6.07, 6.45) is 6.79. The van der Waals surface area contributed by atoms with Gasteiger partial charge in [0.2, 0.25) is 0 Å². The lowest BCUT2D eigenvalue weighted by Gasteiger charge is -2.22. The number of hydrogen-bond donors (Lipinski definition) is 0. The van der Waals surface area contributed by atoms with E-state index in [-0.39, 0.29) is 0 Å². The third-order valence-electron chi connectivity index (χ3n) is 2.95.